The van der Waals surface area contributed by atoms with Gasteiger partial charge in [0.25, 0.3) is 0 Å². The number of urea groups is 1. The average molecular weight is 321 g/mol. The zero-order valence-electron chi connectivity index (χ0n) is 13.7. The van der Waals surface area contributed by atoms with E-state index >= 15 is 0 Å². The predicted molar refractivity (Wildman–Crippen MR) is 87.3 cm³/mol. The fourth-order valence-electron chi connectivity index (χ4n) is 3.38. The largest absolute Gasteiger partial charge is 0.467 e. The fourth-order valence-corrected chi connectivity index (χ4v) is 3.38. The number of nitrogens with zero attached hydrogens (tertiary/aromatic N) is 2. The summed E-state index contributed by atoms with van der Waals surface area (Å²) in [6.45, 7) is 5.85. The Labute approximate surface area is 137 Å². The summed E-state index contributed by atoms with van der Waals surface area (Å²) in [5, 5.41) is 3.08. The lowest BCUT2D eigenvalue weighted by molar-refractivity contribution is 0.0385. The second-order valence-electron chi connectivity index (χ2n) is 6.26. The SMILES string of the molecule is O=C(NCCN1CCOCC1)N1CCCCC[C@@H]1c1ccco1. The molecule has 128 valence electrons. The molecule has 23 heavy (non-hydrogen) atoms. The molecule has 6 heteroatoms. The first-order valence-electron chi connectivity index (χ1n) is 8.72. The van der Waals surface area contributed by atoms with Crippen LogP contribution in [-0.4, -0.2) is 61.8 Å². The molecule has 3 heterocycles. The monoisotopic (exact) mass is 321 g/mol. The molecule has 2 fully saturated rings. The Morgan fingerprint density at radius 3 is 2.87 bits per heavy atom. The van der Waals surface area contributed by atoms with Gasteiger partial charge in [0.15, 0.2) is 0 Å². The number of morpholine rings is 1. The summed E-state index contributed by atoms with van der Waals surface area (Å²) in [4.78, 5) is 16.9. The molecule has 0 aliphatic carbocycles. The van der Waals surface area contributed by atoms with Crippen LogP contribution in [0.1, 0.15) is 37.5 Å². The third kappa shape index (κ3) is 4.48. The highest BCUT2D eigenvalue weighted by Crippen LogP contribution is 2.30. The molecule has 0 radical (unpaired) electrons. The van der Waals surface area contributed by atoms with Crippen molar-refractivity contribution in [2.24, 2.45) is 0 Å². The Bertz CT molecular complexity index is 471. The normalized spacial score (nSPS) is 23.5. The van der Waals surface area contributed by atoms with E-state index in [1.54, 1.807) is 6.26 Å². The predicted octanol–water partition coefficient (Wildman–Crippen LogP) is 2.24. The summed E-state index contributed by atoms with van der Waals surface area (Å²) in [5.41, 5.74) is 0. The smallest absolute Gasteiger partial charge is 0.318 e. The molecule has 2 aliphatic rings. The van der Waals surface area contributed by atoms with E-state index in [1.807, 2.05) is 17.0 Å². The van der Waals surface area contributed by atoms with Gasteiger partial charge in [0.1, 0.15) is 5.76 Å². The number of carbonyl (C=O) groups excluding carboxylic acids is 1. The van der Waals surface area contributed by atoms with Crippen molar-refractivity contribution in [3.05, 3.63) is 24.2 Å². The molecule has 1 aromatic rings. The minimum atomic E-state index is 0.0292. The summed E-state index contributed by atoms with van der Waals surface area (Å²) in [5.74, 6) is 0.898. The minimum absolute atomic E-state index is 0.0292. The van der Waals surface area contributed by atoms with Crippen molar-refractivity contribution in [3.8, 4) is 0 Å². The first-order valence-corrected chi connectivity index (χ1v) is 8.72. The Balaban J connectivity index is 1.52. The second-order valence-corrected chi connectivity index (χ2v) is 6.26. The van der Waals surface area contributed by atoms with Gasteiger partial charge in [0.05, 0.1) is 25.5 Å². The van der Waals surface area contributed by atoms with Crippen molar-refractivity contribution in [1.82, 2.24) is 15.1 Å². The standard InChI is InChI=1S/C17H27N3O3/c21-17(18-7-9-19-10-13-22-14-11-19)20-8-3-1-2-5-15(20)16-6-4-12-23-16/h4,6,12,15H,1-3,5,7-11,13-14H2,(H,18,21)/t15-/m1/s1. The van der Waals surface area contributed by atoms with Gasteiger partial charge in [0.2, 0.25) is 0 Å². The molecule has 6 nitrogen and oxygen atoms in total. The van der Waals surface area contributed by atoms with Crippen molar-refractivity contribution in [3.63, 3.8) is 0 Å². The van der Waals surface area contributed by atoms with Crippen LogP contribution in [0.5, 0.6) is 0 Å². The summed E-state index contributed by atoms with van der Waals surface area (Å²) in [7, 11) is 0. The molecule has 1 N–H and O–H groups in total. The van der Waals surface area contributed by atoms with Gasteiger partial charge in [-0.05, 0) is 25.0 Å². The highest BCUT2D eigenvalue weighted by Gasteiger charge is 2.28. The molecule has 0 bridgehead atoms. The Morgan fingerprint density at radius 1 is 1.22 bits per heavy atom. The van der Waals surface area contributed by atoms with E-state index < -0.39 is 0 Å². The van der Waals surface area contributed by atoms with Crippen LogP contribution in [0.15, 0.2) is 22.8 Å². The van der Waals surface area contributed by atoms with Gasteiger partial charge in [-0.25, -0.2) is 4.79 Å². The number of amides is 2. The molecule has 0 spiro atoms. The summed E-state index contributed by atoms with van der Waals surface area (Å²) in [6.07, 6.45) is 6.05. The Kier molecular flexibility index (Phi) is 5.93. The summed E-state index contributed by atoms with van der Waals surface area (Å²) < 4.78 is 10.9. The number of ether oxygens (including phenoxy) is 1. The van der Waals surface area contributed by atoms with Gasteiger partial charge >= 0.3 is 6.03 Å². The first-order chi connectivity index (χ1) is 11.3. The van der Waals surface area contributed by atoms with Crippen molar-refractivity contribution in [2.75, 3.05) is 45.9 Å². The van der Waals surface area contributed by atoms with Crippen LogP contribution in [0.3, 0.4) is 0 Å². The van der Waals surface area contributed by atoms with Crippen molar-refractivity contribution in [2.45, 2.75) is 31.7 Å². The van der Waals surface area contributed by atoms with E-state index in [-0.39, 0.29) is 12.1 Å². The van der Waals surface area contributed by atoms with Crippen LogP contribution in [0.4, 0.5) is 4.79 Å². The van der Waals surface area contributed by atoms with Gasteiger partial charge in [0, 0.05) is 32.7 Å². The van der Waals surface area contributed by atoms with Crippen molar-refractivity contribution in [1.29, 1.82) is 0 Å². The molecule has 2 aliphatic heterocycles. The summed E-state index contributed by atoms with van der Waals surface area (Å²) >= 11 is 0. The summed E-state index contributed by atoms with van der Waals surface area (Å²) in [6, 6.07) is 3.97. The lowest BCUT2D eigenvalue weighted by Gasteiger charge is -2.30. The van der Waals surface area contributed by atoms with Crippen LogP contribution in [0.25, 0.3) is 0 Å². The highest BCUT2D eigenvalue weighted by atomic mass is 16.5. The third-order valence-electron chi connectivity index (χ3n) is 4.69. The molecular formula is C17H27N3O3. The quantitative estimate of drug-likeness (QED) is 0.924. The second kappa shape index (κ2) is 8.36. The van der Waals surface area contributed by atoms with Gasteiger partial charge in [-0.1, -0.05) is 12.8 Å². The third-order valence-corrected chi connectivity index (χ3v) is 4.69. The zero-order valence-corrected chi connectivity index (χ0v) is 13.7. The van der Waals surface area contributed by atoms with E-state index in [1.165, 1.54) is 6.42 Å². The number of hydrogen-bond donors (Lipinski definition) is 1. The van der Waals surface area contributed by atoms with E-state index in [2.05, 4.69) is 10.2 Å². The fraction of sp³-hybridized carbons (Fsp3) is 0.706. The molecule has 1 atom stereocenters. The van der Waals surface area contributed by atoms with E-state index in [9.17, 15) is 4.79 Å². The number of carbonyl (C=O) groups is 1. The maximum absolute atomic E-state index is 12.6. The topological polar surface area (TPSA) is 58.0 Å². The highest BCUT2D eigenvalue weighted by molar-refractivity contribution is 5.74. The van der Waals surface area contributed by atoms with Crippen LogP contribution in [-0.2, 0) is 4.74 Å². The number of rotatable bonds is 4. The lowest BCUT2D eigenvalue weighted by Crippen LogP contribution is -2.46. The minimum Gasteiger partial charge on any atom is -0.467 e. The molecular weight excluding hydrogens is 294 g/mol. The molecule has 3 rings (SSSR count). The van der Waals surface area contributed by atoms with Crippen LogP contribution >= 0.6 is 0 Å². The molecule has 2 saturated heterocycles. The molecule has 1 aromatic heterocycles. The molecule has 0 unspecified atom stereocenters. The van der Waals surface area contributed by atoms with Crippen LogP contribution in [0, 0.1) is 0 Å². The van der Waals surface area contributed by atoms with Crippen LogP contribution < -0.4 is 5.32 Å². The Hall–Kier alpha value is -1.53. The van der Waals surface area contributed by atoms with Gasteiger partial charge < -0.3 is 19.4 Å². The first kappa shape index (κ1) is 16.3. The van der Waals surface area contributed by atoms with E-state index in [0.717, 1.165) is 64.4 Å². The van der Waals surface area contributed by atoms with Crippen molar-refractivity contribution < 1.29 is 13.9 Å². The number of nitrogens with one attached hydrogen (secondary N) is 1. The average Bonchev–Trinajstić information content (AvgIpc) is 3.00. The Morgan fingerprint density at radius 2 is 2.09 bits per heavy atom. The number of hydrogen-bond acceptors (Lipinski definition) is 4. The maximum Gasteiger partial charge on any atom is 0.318 e. The molecule has 0 aromatic carbocycles. The van der Waals surface area contributed by atoms with Gasteiger partial charge in [-0.15, -0.1) is 0 Å². The zero-order chi connectivity index (χ0) is 15.9. The number of furan rings is 1. The number of likely N-dealkylation sites (tertiary alicyclic amines) is 1. The lowest BCUT2D eigenvalue weighted by atomic mass is 10.1. The van der Waals surface area contributed by atoms with Crippen LogP contribution in [0.2, 0.25) is 0 Å². The van der Waals surface area contributed by atoms with E-state index in [0.29, 0.717) is 6.54 Å². The van der Waals surface area contributed by atoms with Crippen molar-refractivity contribution >= 4 is 6.03 Å². The van der Waals surface area contributed by atoms with Gasteiger partial charge in [-0.3, -0.25) is 4.90 Å². The molecule has 2 amide bonds. The van der Waals surface area contributed by atoms with E-state index in [4.69, 9.17) is 9.15 Å². The van der Waals surface area contributed by atoms with Gasteiger partial charge in [-0.2, -0.15) is 0 Å². The maximum atomic E-state index is 12.6. The molecule has 0 saturated carbocycles.